The third kappa shape index (κ3) is 2.07. The Hall–Kier alpha value is -2.05. The van der Waals surface area contributed by atoms with Crippen LogP contribution >= 0.6 is 11.6 Å². The van der Waals surface area contributed by atoms with Crippen LogP contribution in [0.25, 0.3) is 12.2 Å². The standard InChI is InChI=1S/C21H17Cl/c1-14(22)21(19-12-10-15-6-2-4-8-17(15)19)20-13-11-16-7-3-5-9-18(16)20/h2-13,19-21H,1H2. The van der Waals surface area contributed by atoms with Gasteiger partial charge in [-0.3, -0.25) is 0 Å². The number of benzene rings is 2. The minimum Gasteiger partial charge on any atom is -0.0894 e. The molecule has 22 heavy (non-hydrogen) atoms. The fourth-order valence-corrected chi connectivity index (χ4v) is 4.07. The number of rotatable bonds is 3. The molecule has 108 valence electrons. The number of halogens is 1. The average Bonchev–Trinajstić information content (AvgIpc) is 3.13. The highest BCUT2D eigenvalue weighted by molar-refractivity contribution is 6.29. The van der Waals surface area contributed by atoms with E-state index in [2.05, 4.69) is 79.4 Å². The van der Waals surface area contributed by atoms with Gasteiger partial charge >= 0.3 is 0 Å². The van der Waals surface area contributed by atoms with E-state index < -0.39 is 0 Å². The van der Waals surface area contributed by atoms with Crippen LogP contribution in [0.2, 0.25) is 0 Å². The number of fused-ring (bicyclic) bond motifs is 2. The van der Waals surface area contributed by atoms with Gasteiger partial charge in [-0.05, 0) is 22.3 Å². The summed E-state index contributed by atoms with van der Waals surface area (Å²) in [6.45, 7) is 4.09. The third-order valence-corrected chi connectivity index (χ3v) is 5.06. The first-order chi connectivity index (χ1) is 10.8. The predicted molar refractivity (Wildman–Crippen MR) is 94.9 cm³/mol. The third-order valence-electron chi connectivity index (χ3n) is 4.81. The zero-order valence-corrected chi connectivity index (χ0v) is 13.0. The Labute approximate surface area is 136 Å². The van der Waals surface area contributed by atoms with Gasteiger partial charge in [-0.15, -0.1) is 0 Å². The summed E-state index contributed by atoms with van der Waals surface area (Å²) in [6, 6.07) is 17.1. The van der Waals surface area contributed by atoms with Crippen LogP contribution in [0.3, 0.4) is 0 Å². The summed E-state index contributed by atoms with van der Waals surface area (Å²) in [5, 5.41) is 0.734. The molecule has 1 heteroatoms. The summed E-state index contributed by atoms with van der Waals surface area (Å²) in [6.07, 6.45) is 8.96. The molecule has 0 radical (unpaired) electrons. The molecular formula is C21H17Cl. The average molecular weight is 305 g/mol. The molecule has 0 spiro atoms. The second-order valence-corrected chi connectivity index (χ2v) is 6.49. The van der Waals surface area contributed by atoms with Crippen molar-refractivity contribution in [2.24, 2.45) is 5.92 Å². The summed E-state index contributed by atoms with van der Waals surface area (Å²) >= 11 is 6.47. The van der Waals surface area contributed by atoms with E-state index in [1.807, 2.05) is 0 Å². The summed E-state index contributed by atoms with van der Waals surface area (Å²) in [5.74, 6) is 0.769. The van der Waals surface area contributed by atoms with E-state index in [9.17, 15) is 0 Å². The van der Waals surface area contributed by atoms with Crippen LogP contribution in [0.1, 0.15) is 34.1 Å². The molecule has 2 aliphatic carbocycles. The van der Waals surface area contributed by atoms with Gasteiger partial charge in [-0.25, -0.2) is 0 Å². The fourth-order valence-electron chi connectivity index (χ4n) is 3.79. The Bertz CT molecular complexity index is 736. The molecule has 2 aromatic carbocycles. The Morgan fingerprint density at radius 2 is 1.27 bits per heavy atom. The van der Waals surface area contributed by atoms with E-state index in [4.69, 9.17) is 11.6 Å². The number of allylic oxidation sites excluding steroid dienone is 3. The molecule has 0 amide bonds. The molecule has 2 atom stereocenters. The topological polar surface area (TPSA) is 0 Å². The Balaban J connectivity index is 1.77. The fraction of sp³-hybridized carbons (Fsp3) is 0.143. The molecule has 0 aromatic heterocycles. The summed E-state index contributed by atoms with van der Waals surface area (Å²) in [5.41, 5.74) is 5.30. The van der Waals surface area contributed by atoms with Gasteiger partial charge in [0.15, 0.2) is 0 Å². The van der Waals surface area contributed by atoms with E-state index in [1.54, 1.807) is 0 Å². The van der Waals surface area contributed by atoms with Crippen LogP contribution in [-0.2, 0) is 0 Å². The monoisotopic (exact) mass is 304 g/mol. The van der Waals surface area contributed by atoms with Crippen LogP contribution in [-0.4, -0.2) is 0 Å². The smallest absolute Gasteiger partial charge is 0.0158 e. The van der Waals surface area contributed by atoms with Crippen molar-refractivity contribution in [1.82, 2.24) is 0 Å². The van der Waals surface area contributed by atoms with Gasteiger partial charge in [-0.1, -0.05) is 91.0 Å². The van der Waals surface area contributed by atoms with E-state index >= 15 is 0 Å². The summed E-state index contributed by atoms with van der Waals surface area (Å²) in [4.78, 5) is 0. The molecule has 0 saturated carbocycles. The zero-order valence-electron chi connectivity index (χ0n) is 12.2. The van der Waals surface area contributed by atoms with Crippen molar-refractivity contribution in [3.8, 4) is 0 Å². The van der Waals surface area contributed by atoms with E-state index in [0.717, 1.165) is 5.03 Å². The molecule has 2 unspecified atom stereocenters. The van der Waals surface area contributed by atoms with Crippen molar-refractivity contribution >= 4 is 23.8 Å². The molecule has 0 bridgehead atoms. The SMILES string of the molecule is C=C(Cl)C(C1C=Cc2ccccc21)C1C=Cc2ccccc21. The number of hydrogen-bond acceptors (Lipinski definition) is 0. The van der Waals surface area contributed by atoms with Crippen molar-refractivity contribution in [3.05, 3.63) is 94.5 Å². The second kappa shape index (κ2) is 5.30. The minimum atomic E-state index is 0.182. The Morgan fingerprint density at radius 1 is 0.818 bits per heavy atom. The molecule has 4 rings (SSSR count). The highest BCUT2D eigenvalue weighted by Gasteiger charge is 2.35. The van der Waals surface area contributed by atoms with Crippen molar-refractivity contribution < 1.29 is 0 Å². The summed E-state index contributed by atoms with van der Waals surface area (Å²) < 4.78 is 0. The van der Waals surface area contributed by atoms with Gasteiger partial charge in [0.2, 0.25) is 0 Å². The molecule has 0 nitrogen and oxygen atoms in total. The quantitative estimate of drug-likeness (QED) is 0.654. The van der Waals surface area contributed by atoms with Gasteiger partial charge in [0.25, 0.3) is 0 Å². The second-order valence-electron chi connectivity index (χ2n) is 6.00. The molecule has 2 aromatic rings. The zero-order chi connectivity index (χ0) is 15.1. The van der Waals surface area contributed by atoms with Crippen LogP contribution < -0.4 is 0 Å². The van der Waals surface area contributed by atoms with Crippen molar-refractivity contribution in [3.63, 3.8) is 0 Å². The van der Waals surface area contributed by atoms with Crippen LogP contribution in [0.5, 0.6) is 0 Å². The lowest BCUT2D eigenvalue weighted by atomic mass is 9.76. The molecule has 0 fully saturated rings. The van der Waals surface area contributed by atoms with Crippen molar-refractivity contribution in [1.29, 1.82) is 0 Å². The molecule has 0 N–H and O–H groups in total. The normalized spacial score (nSPS) is 22.4. The van der Waals surface area contributed by atoms with Crippen LogP contribution in [0, 0.1) is 5.92 Å². The number of hydrogen-bond donors (Lipinski definition) is 0. The predicted octanol–water partition coefficient (Wildman–Crippen LogP) is 5.98. The highest BCUT2D eigenvalue weighted by Crippen LogP contribution is 2.49. The maximum Gasteiger partial charge on any atom is 0.0158 e. The maximum absolute atomic E-state index is 6.47. The Kier molecular flexibility index (Phi) is 3.28. The molecular weight excluding hydrogens is 288 g/mol. The van der Waals surface area contributed by atoms with E-state index in [0.29, 0.717) is 11.8 Å². The molecule has 0 aliphatic heterocycles. The Morgan fingerprint density at radius 3 is 1.73 bits per heavy atom. The highest BCUT2D eigenvalue weighted by atomic mass is 35.5. The van der Waals surface area contributed by atoms with Crippen LogP contribution in [0.15, 0.2) is 72.3 Å². The van der Waals surface area contributed by atoms with E-state index in [1.165, 1.54) is 22.3 Å². The minimum absolute atomic E-state index is 0.182. The lowest BCUT2D eigenvalue weighted by Crippen LogP contribution is -2.17. The first-order valence-electron chi connectivity index (χ1n) is 7.64. The molecule has 0 saturated heterocycles. The van der Waals surface area contributed by atoms with Crippen LogP contribution in [0.4, 0.5) is 0 Å². The van der Waals surface area contributed by atoms with Gasteiger partial charge in [-0.2, -0.15) is 0 Å². The van der Waals surface area contributed by atoms with Crippen molar-refractivity contribution in [2.75, 3.05) is 0 Å². The molecule has 0 heterocycles. The van der Waals surface area contributed by atoms with Gasteiger partial charge in [0, 0.05) is 22.8 Å². The largest absolute Gasteiger partial charge is 0.0894 e. The first-order valence-corrected chi connectivity index (χ1v) is 8.02. The maximum atomic E-state index is 6.47. The van der Waals surface area contributed by atoms with Crippen molar-refractivity contribution in [2.45, 2.75) is 11.8 Å². The first kappa shape index (κ1) is 13.6. The van der Waals surface area contributed by atoms with Gasteiger partial charge < -0.3 is 0 Å². The van der Waals surface area contributed by atoms with Gasteiger partial charge in [0.1, 0.15) is 0 Å². The molecule has 2 aliphatic rings. The van der Waals surface area contributed by atoms with Gasteiger partial charge in [0.05, 0.1) is 0 Å². The summed E-state index contributed by atoms with van der Waals surface area (Å²) in [7, 11) is 0. The lowest BCUT2D eigenvalue weighted by Gasteiger charge is -2.28. The van der Waals surface area contributed by atoms with E-state index in [-0.39, 0.29) is 5.92 Å². The lowest BCUT2D eigenvalue weighted by molar-refractivity contribution is 0.529.